The van der Waals surface area contributed by atoms with Crippen LogP contribution >= 0.6 is 27.5 Å². The lowest BCUT2D eigenvalue weighted by molar-refractivity contribution is -0.116. The number of halogens is 2. The molecule has 0 saturated heterocycles. The maximum absolute atomic E-state index is 11.9. The molecule has 2 amide bonds. The van der Waals surface area contributed by atoms with E-state index in [9.17, 15) is 9.59 Å². The first kappa shape index (κ1) is 16.6. The smallest absolute Gasteiger partial charge is 0.239 e. The number of carbonyl (C=O) groups excluding carboxylic acids is 2. The average Bonchev–Trinajstić information content (AvgIpc) is 2.47. The number of hydrogen-bond donors (Lipinski definition) is 2. The molecule has 1 heterocycles. The number of anilines is 2. The Morgan fingerprint density at radius 1 is 1.23 bits per heavy atom. The molecule has 0 bridgehead atoms. The molecular weight excluding hydrogens is 372 g/mol. The number of rotatable bonds is 4. The standard InChI is InChI=1S/C14H14BrClN4O2/c1-3-11(21)19-12-13(20-14(22)7(2)15)17-9-5-4-8(16)6-10(9)18-12/h4-7H,3H2,1-2H3,(H,17,20,22)(H,18,19,21). The summed E-state index contributed by atoms with van der Waals surface area (Å²) in [5.41, 5.74) is 1.10. The Bertz CT molecular complexity index is 736. The molecule has 116 valence electrons. The van der Waals surface area contributed by atoms with Crippen LogP contribution in [0, 0.1) is 0 Å². The maximum atomic E-state index is 11.9. The van der Waals surface area contributed by atoms with Gasteiger partial charge in [0.1, 0.15) is 0 Å². The summed E-state index contributed by atoms with van der Waals surface area (Å²) in [6.07, 6.45) is 0.289. The summed E-state index contributed by atoms with van der Waals surface area (Å²) < 4.78 is 0. The first-order chi connectivity index (χ1) is 10.4. The monoisotopic (exact) mass is 384 g/mol. The van der Waals surface area contributed by atoms with Gasteiger partial charge in [-0.15, -0.1) is 0 Å². The van der Waals surface area contributed by atoms with E-state index in [4.69, 9.17) is 11.6 Å². The van der Waals surface area contributed by atoms with Gasteiger partial charge in [-0.3, -0.25) is 9.59 Å². The number of hydrogen-bond acceptors (Lipinski definition) is 4. The van der Waals surface area contributed by atoms with Gasteiger partial charge in [0.05, 0.1) is 15.9 Å². The Hall–Kier alpha value is -1.73. The highest BCUT2D eigenvalue weighted by molar-refractivity contribution is 9.10. The van der Waals surface area contributed by atoms with Crippen molar-refractivity contribution in [3.05, 3.63) is 23.2 Å². The zero-order chi connectivity index (χ0) is 16.3. The summed E-state index contributed by atoms with van der Waals surface area (Å²) >= 11 is 9.12. The molecule has 1 aromatic heterocycles. The van der Waals surface area contributed by atoms with Crippen LogP contribution in [0.25, 0.3) is 11.0 Å². The Morgan fingerprint density at radius 2 is 1.86 bits per heavy atom. The van der Waals surface area contributed by atoms with Crippen molar-refractivity contribution in [2.75, 3.05) is 10.6 Å². The number of alkyl halides is 1. The van der Waals surface area contributed by atoms with E-state index in [2.05, 4.69) is 36.5 Å². The second kappa shape index (κ2) is 7.02. The van der Waals surface area contributed by atoms with Crippen molar-refractivity contribution in [1.29, 1.82) is 0 Å². The van der Waals surface area contributed by atoms with Crippen LogP contribution in [0.4, 0.5) is 11.6 Å². The van der Waals surface area contributed by atoms with Crippen LogP contribution in [0.1, 0.15) is 20.3 Å². The molecule has 6 nitrogen and oxygen atoms in total. The number of carbonyl (C=O) groups is 2. The van der Waals surface area contributed by atoms with Gasteiger partial charge in [0.2, 0.25) is 11.8 Å². The largest absolute Gasteiger partial charge is 0.308 e. The predicted octanol–water partition coefficient (Wildman–Crippen LogP) is 3.35. The van der Waals surface area contributed by atoms with E-state index in [1.165, 1.54) is 0 Å². The summed E-state index contributed by atoms with van der Waals surface area (Å²) in [7, 11) is 0. The minimum absolute atomic E-state index is 0.197. The second-order valence-electron chi connectivity index (χ2n) is 4.56. The molecule has 1 unspecified atom stereocenters. The average molecular weight is 386 g/mol. The van der Waals surface area contributed by atoms with Crippen molar-refractivity contribution in [3.63, 3.8) is 0 Å². The molecule has 0 aliphatic carbocycles. The Labute approximate surface area is 140 Å². The number of nitrogens with zero attached hydrogens (tertiary/aromatic N) is 2. The highest BCUT2D eigenvalue weighted by Crippen LogP contribution is 2.24. The fourth-order valence-corrected chi connectivity index (χ4v) is 1.92. The summed E-state index contributed by atoms with van der Waals surface area (Å²) in [4.78, 5) is 31.7. The molecule has 2 aromatic rings. The highest BCUT2D eigenvalue weighted by Gasteiger charge is 2.16. The third kappa shape index (κ3) is 3.92. The molecule has 8 heteroatoms. The fraction of sp³-hybridized carbons (Fsp3) is 0.286. The molecule has 0 fully saturated rings. The first-order valence-corrected chi connectivity index (χ1v) is 7.92. The molecule has 1 aromatic carbocycles. The van der Waals surface area contributed by atoms with Gasteiger partial charge >= 0.3 is 0 Å². The van der Waals surface area contributed by atoms with Crippen LogP contribution in [0.5, 0.6) is 0 Å². The van der Waals surface area contributed by atoms with Crippen LogP contribution in [0.3, 0.4) is 0 Å². The molecule has 22 heavy (non-hydrogen) atoms. The van der Waals surface area contributed by atoms with Gasteiger partial charge in [-0.05, 0) is 25.1 Å². The normalized spacial score (nSPS) is 12.0. The van der Waals surface area contributed by atoms with E-state index >= 15 is 0 Å². The number of fused-ring (bicyclic) bond motifs is 1. The Kier molecular flexibility index (Phi) is 5.31. The van der Waals surface area contributed by atoms with E-state index in [1.807, 2.05) is 0 Å². The third-order valence-corrected chi connectivity index (χ3v) is 3.46. The second-order valence-corrected chi connectivity index (χ2v) is 6.37. The molecule has 0 spiro atoms. The third-order valence-electron chi connectivity index (χ3n) is 2.81. The molecule has 2 N–H and O–H groups in total. The van der Waals surface area contributed by atoms with Crippen LogP contribution in [0.2, 0.25) is 5.02 Å². The minimum Gasteiger partial charge on any atom is -0.308 e. The summed E-state index contributed by atoms with van der Waals surface area (Å²) in [6, 6.07) is 5.02. The van der Waals surface area contributed by atoms with Crippen molar-refractivity contribution in [3.8, 4) is 0 Å². The van der Waals surface area contributed by atoms with Gasteiger partial charge in [0.25, 0.3) is 0 Å². The number of amides is 2. The fourth-order valence-electron chi connectivity index (χ4n) is 1.64. The van der Waals surface area contributed by atoms with E-state index in [1.54, 1.807) is 32.0 Å². The number of aromatic nitrogens is 2. The minimum atomic E-state index is -0.398. The number of benzene rings is 1. The van der Waals surface area contributed by atoms with E-state index in [-0.39, 0.29) is 29.9 Å². The van der Waals surface area contributed by atoms with Crippen molar-refractivity contribution >= 4 is 62.0 Å². The lowest BCUT2D eigenvalue weighted by Crippen LogP contribution is -2.23. The molecule has 0 radical (unpaired) electrons. The quantitative estimate of drug-likeness (QED) is 0.791. The van der Waals surface area contributed by atoms with Crippen molar-refractivity contribution in [2.24, 2.45) is 0 Å². The molecule has 0 aliphatic rings. The van der Waals surface area contributed by atoms with Crippen LogP contribution in [-0.4, -0.2) is 26.6 Å². The predicted molar refractivity (Wildman–Crippen MR) is 90.5 cm³/mol. The first-order valence-electron chi connectivity index (χ1n) is 6.62. The molecule has 2 rings (SSSR count). The number of nitrogens with one attached hydrogen (secondary N) is 2. The summed E-state index contributed by atoms with van der Waals surface area (Å²) in [5, 5.41) is 5.78. The lowest BCUT2D eigenvalue weighted by Gasteiger charge is -2.12. The highest BCUT2D eigenvalue weighted by atomic mass is 79.9. The van der Waals surface area contributed by atoms with Crippen LogP contribution in [0.15, 0.2) is 18.2 Å². The Morgan fingerprint density at radius 3 is 2.50 bits per heavy atom. The van der Waals surface area contributed by atoms with Gasteiger partial charge in [-0.25, -0.2) is 9.97 Å². The van der Waals surface area contributed by atoms with Gasteiger partial charge in [0.15, 0.2) is 11.6 Å². The van der Waals surface area contributed by atoms with Crippen molar-refractivity contribution < 1.29 is 9.59 Å². The van der Waals surface area contributed by atoms with E-state index in [0.717, 1.165) is 0 Å². The van der Waals surface area contributed by atoms with Crippen molar-refractivity contribution in [2.45, 2.75) is 25.1 Å². The lowest BCUT2D eigenvalue weighted by atomic mass is 10.3. The molecule has 0 saturated carbocycles. The van der Waals surface area contributed by atoms with Crippen LogP contribution < -0.4 is 10.6 Å². The van der Waals surface area contributed by atoms with E-state index < -0.39 is 4.83 Å². The zero-order valence-electron chi connectivity index (χ0n) is 12.0. The maximum Gasteiger partial charge on any atom is 0.239 e. The van der Waals surface area contributed by atoms with Gasteiger partial charge < -0.3 is 10.6 Å². The SMILES string of the molecule is CCC(=O)Nc1nc2cc(Cl)ccc2nc1NC(=O)C(C)Br. The summed E-state index contributed by atoms with van der Waals surface area (Å²) in [5.74, 6) is -0.108. The van der Waals surface area contributed by atoms with Gasteiger partial charge in [-0.2, -0.15) is 0 Å². The van der Waals surface area contributed by atoms with E-state index in [0.29, 0.717) is 16.1 Å². The molecule has 1 atom stereocenters. The van der Waals surface area contributed by atoms with Gasteiger partial charge in [0, 0.05) is 11.4 Å². The zero-order valence-corrected chi connectivity index (χ0v) is 14.3. The van der Waals surface area contributed by atoms with Gasteiger partial charge in [-0.1, -0.05) is 34.5 Å². The Balaban J connectivity index is 2.49. The molecular formula is C14H14BrClN4O2. The molecule has 0 aliphatic heterocycles. The van der Waals surface area contributed by atoms with Crippen LogP contribution in [-0.2, 0) is 9.59 Å². The topological polar surface area (TPSA) is 84.0 Å². The van der Waals surface area contributed by atoms with Crippen molar-refractivity contribution in [1.82, 2.24) is 9.97 Å². The summed E-state index contributed by atoms with van der Waals surface area (Å²) in [6.45, 7) is 3.41.